The van der Waals surface area contributed by atoms with Gasteiger partial charge in [-0.2, -0.15) is 9.97 Å². The summed E-state index contributed by atoms with van der Waals surface area (Å²) in [5.74, 6) is 3.04. The second-order valence-electron chi connectivity index (χ2n) is 7.89. The number of piperazine rings is 1. The molecule has 0 unspecified atom stereocenters. The van der Waals surface area contributed by atoms with Gasteiger partial charge in [-0.1, -0.05) is 16.4 Å². The van der Waals surface area contributed by atoms with Crippen LogP contribution < -0.4 is 4.74 Å². The van der Waals surface area contributed by atoms with E-state index in [0.29, 0.717) is 55.9 Å². The lowest BCUT2D eigenvalue weighted by molar-refractivity contribution is -0.133. The standard InChI is InChI=1S/C23H24N6O4S/c1-31-17-6-4-16(5-7-17)22-25-20(33-26-22)15-28-10-12-29(13-11-28)21(30)9-8-19-24-23(27-32-19)18-3-2-14-34-18/h2-7,14H,8-13,15H2,1H3. The topological polar surface area (TPSA) is 111 Å². The first-order chi connectivity index (χ1) is 16.7. The predicted molar refractivity (Wildman–Crippen MR) is 124 cm³/mol. The van der Waals surface area contributed by atoms with Crippen molar-refractivity contribution in [2.75, 3.05) is 33.3 Å². The number of aromatic nitrogens is 4. The van der Waals surface area contributed by atoms with Crippen LogP contribution in [0.25, 0.3) is 22.1 Å². The Kier molecular flexibility index (Phi) is 6.63. The number of hydrogen-bond donors (Lipinski definition) is 0. The van der Waals surface area contributed by atoms with Crippen molar-refractivity contribution in [3.63, 3.8) is 0 Å². The van der Waals surface area contributed by atoms with E-state index in [4.69, 9.17) is 13.8 Å². The molecule has 10 nitrogen and oxygen atoms in total. The maximum Gasteiger partial charge on any atom is 0.241 e. The first-order valence-corrected chi connectivity index (χ1v) is 11.9. The smallest absolute Gasteiger partial charge is 0.241 e. The molecule has 0 N–H and O–H groups in total. The highest BCUT2D eigenvalue weighted by atomic mass is 32.1. The number of hydrogen-bond acceptors (Lipinski definition) is 10. The average molecular weight is 481 g/mol. The third kappa shape index (κ3) is 5.15. The molecule has 0 spiro atoms. The van der Waals surface area contributed by atoms with Crippen LogP contribution in [0, 0.1) is 0 Å². The van der Waals surface area contributed by atoms with Gasteiger partial charge in [-0.05, 0) is 35.7 Å². The van der Waals surface area contributed by atoms with Gasteiger partial charge in [0.05, 0.1) is 18.5 Å². The summed E-state index contributed by atoms with van der Waals surface area (Å²) in [6.07, 6.45) is 0.786. The molecule has 1 aromatic carbocycles. The maximum absolute atomic E-state index is 12.6. The summed E-state index contributed by atoms with van der Waals surface area (Å²) in [4.78, 5) is 26.6. The van der Waals surface area contributed by atoms with Crippen molar-refractivity contribution in [3.8, 4) is 27.8 Å². The lowest BCUT2D eigenvalue weighted by Crippen LogP contribution is -2.48. The molecule has 3 aromatic heterocycles. The molecule has 4 heterocycles. The molecule has 0 radical (unpaired) electrons. The molecular formula is C23H24N6O4S. The van der Waals surface area contributed by atoms with Crippen molar-refractivity contribution < 1.29 is 18.6 Å². The van der Waals surface area contributed by atoms with Gasteiger partial charge in [-0.3, -0.25) is 9.69 Å². The number of carbonyl (C=O) groups excluding carboxylic acids is 1. The van der Waals surface area contributed by atoms with Crippen molar-refractivity contribution in [2.45, 2.75) is 19.4 Å². The first kappa shape index (κ1) is 22.2. The highest BCUT2D eigenvalue weighted by molar-refractivity contribution is 7.13. The second kappa shape index (κ2) is 10.1. The fraction of sp³-hybridized carbons (Fsp3) is 0.348. The minimum atomic E-state index is 0.0927. The predicted octanol–water partition coefficient (Wildman–Crippen LogP) is 3.13. The summed E-state index contributed by atoms with van der Waals surface area (Å²) in [7, 11) is 1.63. The molecule has 1 aliphatic heterocycles. The van der Waals surface area contributed by atoms with Gasteiger partial charge in [0.15, 0.2) is 0 Å². The van der Waals surface area contributed by atoms with Crippen molar-refractivity contribution in [1.82, 2.24) is 30.1 Å². The van der Waals surface area contributed by atoms with E-state index >= 15 is 0 Å². The Morgan fingerprint density at radius 2 is 1.74 bits per heavy atom. The van der Waals surface area contributed by atoms with E-state index in [9.17, 15) is 4.79 Å². The Balaban J connectivity index is 1.08. The zero-order chi connectivity index (χ0) is 23.3. The molecular weight excluding hydrogens is 456 g/mol. The molecule has 176 valence electrons. The monoisotopic (exact) mass is 480 g/mol. The quantitative estimate of drug-likeness (QED) is 0.375. The summed E-state index contributed by atoms with van der Waals surface area (Å²) >= 11 is 1.55. The van der Waals surface area contributed by atoms with Crippen LogP contribution in [0.2, 0.25) is 0 Å². The van der Waals surface area contributed by atoms with Crippen LogP contribution in [-0.4, -0.2) is 69.3 Å². The molecule has 0 atom stereocenters. The Bertz CT molecular complexity index is 1210. The number of carbonyl (C=O) groups is 1. The lowest BCUT2D eigenvalue weighted by Gasteiger charge is -2.33. The number of benzene rings is 1. The fourth-order valence-electron chi connectivity index (χ4n) is 3.76. The third-order valence-electron chi connectivity index (χ3n) is 5.66. The van der Waals surface area contributed by atoms with Gasteiger partial charge in [0, 0.05) is 44.6 Å². The SMILES string of the molecule is COc1ccc(-c2noc(CN3CCN(C(=O)CCc4nc(-c5cccs5)no4)CC3)n2)cc1. The lowest BCUT2D eigenvalue weighted by atomic mass is 10.2. The number of amides is 1. The van der Waals surface area contributed by atoms with Crippen molar-refractivity contribution >= 4 is 17.2 Å². The highest BCUT2D eigenvalue weighted by Crippen LogP contribution is 2.22. The molecule has 34 heavy (non-hydrogen) atoms. The van der Waals surface area contributed by atoms with Crippen molar-refractivity contribution in [2.24, 2.45) is 0 Å². The summed E-state index contributed by atoms with van der Waals surface area (Å²) in [5.41, 5.74) is 0.870. The molecule has 0 bridgehead atoms. The van der Waals surface area contributed by atoms with Gasteiger partial charge in [0.2, 0.25) is 29.3 Å². The fourth-order valence-corrected chi connectivity index (χ4v) is 4.41. The van der Waals surface area contributed by atoms with Crippen LogP contribution in [0.5, 0.6) is 5.75 Å². The van der Waals surface area contributed by atoms with Crippen LogP contribution in [-0.2, 0) is 17.8 Å². The van der Waals surface area contributed by atoms with E-state index < -0.39 is 0 Å². The summed E-state index contributed by atoms with van der Waals surface area (Å²) in [5, 5.41) is 10.0. The normalized spacial score (nSPS) is 14.4. The minimum Gasteiger partial charge on any atom is -0.497 e. The Hall–Kier alpha value is -3.57. The van der Waals surface area contributed by atoms with Gasteiger partial charge in [-0.25, -0.2) is 0 Å². The van der Waals surface area contributed by atoms with Gasteiger partial charge in [0.1, 0.15) is 5.75 Å². The molecule has 0 aliphatic carbocycles. The van der Waals surface area contributed by atoms with E-state index in [0.717, 1.165) is 29.3 Å². The van der Waals surface area contributed by atoms with E-state index in [1.54, 1.807) is 18.4 Å². The summed E-state index contributed by atoms with van der Waals surface area (Å²) in [6, 6.07) is 11.4. The average Bonchev–Trinajstić information content (AvgIpc) is 3.65. The Morgan fingerprint density at radius 3 is 2.47 bits per heavy atom. The molecule has 11 heteroatoms. The number of thiophene rings is 1. The van der Waals surface area contributed by atoms with Crippen LogP contribution in [0.15, 0.2) is 50.8 Å². The van der Waals surface area contributed by atoms with E-state index in [-0.39, 0.29) is 5.91 Å². The summed E-state index contributed by atoms with van der Waals surface area (Å²) in [6.45, 7) is 3.36. The van der Waals surface area contributed by atoms with Crippen LogP contribution in [0.4, 0.5) is 0 Å². The van der Waals surface area contributed by atoms with E-state index in [1.807, 2.05) is 46.7 Å². The molecule has 4 aromatic rings. The van der Waals surface area contributed by atoms with E-state index in [1.165, 1.54) is 0 Å². The number of methoxy groups -OCH3 is 1. The number of nitrogens with zero attached hydrogens (tertiary/aromatic N) is 6. The minimum absolute atomic E-state index is 0.0927. The number of aryl methyl sites for hydroxylation is 1. The van der Waals surface area contributed by atoms with Gasteiger partial charge >= 0.3 is 0 Å². The molecule has 5 rings (SSSR count). The van der Waals surface area contributed by atoms with Crippen LogP contribution in [0.3, 0.4) is 0 Å². The Morgan fingerprint density at radius 1 is 1.00 bits per heavy atom. The van der Waals surface area contributed by atoms with Gasteiger partial charge < -0.3 is 18.7 Å². The van der Waals surface area contributed by atoms with Crippen molar-refractivity contribution in [1.29, 1.82) is 0 Å². The first-order valence-electron chi connectivity index (χ1n) is 11.0. The van der Waals surface area contributed by atoms with Gasteiger partial charge in [0.25, 0.3) is 0 Å². The molecule has 1 fully saturated rings. The Labute approximate surface area is 200 Å². The zero-order valence-corrected chi connectivity index (χ0v) is 19.5. The van der Waals surface area contributed by atoms with Crippen LogP contribution >= 0.6 is 11.3 Å². The maximum atomic E-state index is 12.6. The molecule has 1 aliphatic rings. The van der Waals surface area contributed by atoms with Gasteiger partial charge in [-0.15, -0.1) is 11.3 Å². The van der Waals surface area contributed by atoms with Crippen molar-refractivity contribution in [3.05, 3.63) is 53.6 Å². The van der Waals surface area contributed by atoms with Crippen LogP contribution in [0.1, 0.15) is 18.2 Å². The number of ether oxygens (including phenoxy) is 1. The zero-order valence-electron chi connectivity index (χ0n) is 18.7. The largest absolute Gasteiger partial charge is 0.497 e. The molecule has 0 saturated carbocycles. The molecule has 1 amide bonds. The summed E-state index contributed by atoms with van der Waals surface area (Å²) < 4.78 is 15.9. The number of rotatable bonds is 8. The second-order valence-corrected chi connectivity index (χ2v) is 8.83. The third-order valence-corrected chi connectivity index (χ3v) is 6.53. The molecule has 1 saturated heterocycles. The van der Waals surface area contributed by atoms with E-state index in [2.05, 4.69) is 25.2 Å². The highest BCUT2D eigenvalue weighted by Gasteiger charge is 2.23.